The Hall–Kier alpha value is -4.47. The molecule has 0 aliphatic rings. The van der Waals surface area contributed by atoms with Crippen LogP contribution in [0.25, 0.3) is 0 Å². The topological polar surface area (TPSA) is 108 Å². The van der Waals surface area contributed by atoms with Crippen molar-refractivity contribution in [2.45, 2.75) is 13.5 Å². The lowest BCUT2D eigenvalue weighted by atomic mass is 10.1. The Kier molecular flexibility index (Phi) is 8.98. The van der Waals surface area contributed by atoms with Crippen molar-refractivity contribution < 1.29 is 18.0 Å². The molecule has 204 valence electrons. The lowest BCUT2D eigenvalue weighted by molar-refractivity contribution is 0.0954. The molecule has 2 amide bonds. The molecule has 4 rings (SSSR count). The maximum atomic E-state index is 12.7. The molecule has 4 aromatic rings. The summed E-state index contributed by atoms with van der Waals surface area (Å²) in [6.07, 6.45) is 1.12. The van der Waals surface area contributed by atoms with Crippen LogP contribution < -0.4 is 15.0 Å². The van der Waals surface area contributed by atoms with Crippen molar-refractivity contribution in [3.63, 3.8) is 0 Å². The predicted octanol–water partition coefficient (Wildman–Crippen LogP) is 5.71. The number of nitrogens with one attached hydrogen (secondary N) is 2. The molecule has 4 aromatic carbocycles. The molecule has 0 fully saturated rings. The van der Waals surface area contributed by atoms with Gasteiger partial charge in [-0.3, -0.25) is 13.9 Å². The molecule has 10 heteroatoms. The average molecular weight is 575 g/mol. The monoisotopic (exact) mass is 574 g/mol. The normalized spacial score (nSPS) is 11.5. The molecule has 2 N–H and O–H groups in total. The summed E-state index contributed by atoms with van der Waals surface area (Å²) in [6, 6.07) is 29.2. The molecule has 0 heterocycles. The number of sulfonamides is 1. The highest BCUT2D eigenvalue weighted by molar-refractivity contribution is 7.92. The van der Waals surface area contributed by atoms with E-state index in [2.05, 4.69) is 15.8 Å². The number of hydrogen-bond donors (Lipinski definition) is 2. The molecular formula is C30H27ClN4O4S. The minimum atomic E-state index is -3.61. The molecule has 0 spiro atoms. The first-order valence-electron chi connectivity index (χ1n) is 12.2. The molecule has 0 atom stereocenters. The van der Waals surface area contributed by atoms with Crippen LogP contribution in [0.3, 0.4) is 0 Å². The number of amides is 2. The molecule has 0 aromatic heterocycles. The van der Waals surface area contributed by atoms with E-state index in [1.165, 1.54) is 16.4 Å². The van der Waals surface area contributed by atoms with E-state index in [1.807, 2.05) is 6.07 Å². The lowest BCUT2D eigenvalue weighted by Gasteiger charge is -2.23. The molecule has 40 heavy (non-hydrogen) atoms. The minimum Gasteiger partial charge on any atom is -0.322 e. The zero-order chi connectivity index (χ0) is 28.7. The van der Waals surface area contributed by atoms with E-state index < -0.39 is 15.9 Å². The maximum absolute atomic E-state index is 12.7. The zero-order valence-electron chi connectivity index (χ0n) is 21.8. The third kappa shape index (κ3) is 7.34. The van der Waals surface area contributed by atoms with Gasteiger partial charge in [0.1, 0.15) is 0 Å². The Morgan fingerprint density at radius 1 is 0.775 bits per heavy atom. The SMILES string of the molecule is C/C(=N/NC(=O)c1ccc(N(Cc2ccccc2Cl)S(C)(=O)=O)cc1)c1ccc(NC(=O)c2ccccc2)cc1. The standard InChI is InChI=1S/C30H27ClN4O4S/c1-21(22-12-16-26(17-13-22)32-29(36)23-8-4-3-5-9-23)33-34-30(37)24-14-18-27(19-15-24)35(40(2,38)39)20-25-10-6-7-11-28(25)31/h3-19H,20H2,1-2H3,(H,32,36)(H,34,37)/b33-21-. The fourth-order valence-electron chi connectivity index (χ4n) is 3.81. The van der Waals surface area contributed by atoms with Crippen LogP contribution in [0.4, 0.5) is 11.4 Å². The molecule has 0 unspecified atom stereocenters. The highest BCUT2D eigenvalue weighted by atomic mass is 35.5. The van der Waals surface area contributed by atoms with Gasteiger partial charge < -0.3 is 5.32 Å². The van der Waals surface area contributed by atoms with E-state index in [0.29, 0.717) is 38.8 Å². The second-order valence-electron chi connectivity index (χ2n) is 8.94. The van der Waals surface area contributed by atoms with Crippen LogP contribution in [0.5, 0.6) is 0 Å². The molecule has 8 nitrogen and oxygen atoms in total. The van der Waals surface area contributed by atoms with Crippen LogP contribution in [0.15, 0.2) is 108 Å². The van der Waals surface area contributed by atoms with Crippen molar-refractivity contribution >= 4 is 50.5 Å². The number of carbonyl (C=O) groups is 2. The van der Waals surface area contributed by atoms with Gasteiger partial charge in [0.15, 0.2) is 0 Å². The number of anilines is 2. The maximum Gasteiger partial charge on any atom is 0.271 e. The van der Waals surface area contributed by atoms with Crippen molar-refractivity contribution in [1.82, 2.24) is 5.43 Å². The average Bonchev–Trinajstić information content (AvgIpc) is 2.95. The fraction of sp³-hybridized carbons (Fsp3) is 0.100. The third-order valence-electron chi connectivity index (χ3n) is 6.01. The summed E-state index contributed by atoms with van der Waals surface area (Å²) in [7, 11) is -3.61. The summed E-state index contributed by atoms with van der Waals surface area (Å²) < 4.78 is 26.2. The summed E-state index contributed by atoms with van der Waals surface area (Å²) in [5.41, 5.74) is 6.41. The van der Waals surface area contributed by atoms with Gasteiger partial charge in [0.2, 0.25) is 10.0 Å². The zero-order valence-corrected chi connectivity index (χ0v) is 23.4. The van der Waals surface area contributed by atoms with Gasteiger partial charge in [0.05, 0.1) is 24.2 Å². The first kappa shape index (κ1) is 28.5. The van der Waals surface area contributed by atoms with Gasteiger partial charge >= 0.3 is 0 Å². The van der Waals surface area contributed by atoms with E-state index in [9.17, 15) is 18.0 Å². The number of hydrazone groups is 1. The van der Waals surface area contributed by atoms with Gasteiger partial charge in [-0.25, -0.2) is 13.8 Å². The lowest BCUT2D eigenvalue weighted by Crippen LogP contribution is -2.29. The van der Waals surface area contributed by atoms with Gasteiger partial charge in [0, 0.05) is 21.8 Å². The molecule has 0 aliphatic carbocycles. The number of rotatable bonds is 9. The molecular weight excluding hydrogens is 548 g/mol. The molecule has 0 saturated heterocycles. The molecule has 0 bridgehead atoms. The van der Waals surface area contributed by atoms with Gasteiger partial charge in [-0.1, -0.05) is 60.1 Å². The van der Waals surface area contributed by atoms with Crippen LogP contribution in [0, 0.1) is 0 Å². The summed E-state index contributed by atoms with van der Waals surface area (Å²) >= 11 is 6.22. The Morgan fingerprint density at radius 2 is 1.35 bits per heavy atom. The van der Waals surface area contributed by atoms with Crippen LogP contribution in [-0.2, 0) is 16.6 Å². The fourth-order valence-corrected chi connectivity index (χ4v) is 4.89. The summed E-state index contributed by atoms with van der Waals surface area (Å²) in [4.78, 5) is 25.0. The Morgan fingerprint density at radius 3 is 1.98 bits per heavy atom. The second-order valence-corrected chi connectivity index (χ2v) is 11.3. The van der Waals surface area contributed by atoms with Gasteiger partial charge in [0.25, 0.3) is 11.8 Å². The van der Waals surface area contributed by atoms with Crippen molar-refractivity contribution in [3.05, 3.63) is 130 Å². The van der Waals surface area contributed by atoms with Crippen LogP contribution in [0.2, 0.25) is 5.02 Å². The number of carbonyl (C=O) groups excluding carboxylic acids is 2. The Balaban J connectivity index is 1.40. The summed E-state index contributed by atoms with van der Waals surface area (Å²) in [5.74, 6) is -0.657. The van der Waals surface area contributed by atoms with Crippen molar-refractivity contribution in [3.8, 4) is 0 Å². The van der Waals surface area contributed by atoms with Crippen LogP contribution in [0.1, 0.15) is 38.8 Å². The Labute approximate surface area is 238 Å². The highest BCUT2D eigenvalue weighted by Gasteiger charge is 2.19. The molecule has 0 saturated carbocycles. The summed E-state index contributed by atoms with van der Waals surface area (Å²) in [5, 5.41) is 7.48. The molecule has 0 radical (unpaired) electrons. The van der Waals surface area contributed by atoms with E-state index in [0.717, 1.165) is 11.8 Å². The largest absolute Gasteiger partial charge is 0.322 e. The van der Waals surface area contributed by atoms with Crippen molar-refractivity contribution in [2.75, 3.05) is 15.9 Å². The van der Waals surface area contributed by atoms with E-state index in [4.69, 9.17) is 11.6 Å². The van der Waals surface area contributed by atoms with Gasteiger partial charge in [-0.2, -0.15) is 5.10 Å². The quantitative estimate of drug-likeness (QED) is 0.197. The first-order valence-corrected chi connectivity index (χ1v) is 14.5. The molecule has 0 aliphatic heterocycles. The van der Waals surface area contributed by atoms with E-state index >= 15 is 0 Å². The van der Waals surface area contributed by atoms with E-state index in [1.54, 1.807) is 91.9 Å². The van der Waals surface area contributed by atoms with E-state index in [-0.39, 0.29) is 12.5 Å². The van der Waals surface area contributed by atoms with Crippen LogP contribution in [-0.4, -0.2) is 32.2 Å². The number of nitrogens with zero attached hydrogens (tertiary/aromatic N) is 2. The van der Waals surface area contributed by atoms with Gasteiger partial charge in [-0.15, -0.1) is 0 Å². The first-order chi connectivity index (χ1) is 19.1. The van der Waals surface area contributed by atoms with Gasteiger partial charge in [-0.05, 0) is 72.6 Å². The van der Waals surface area contributed by atoms with Crippen LogP contribution >= 0.6 is 11.6 Å². The number of halogens is 1. The van der Waals surface area contributed by atoms with Crippen molar-refractivity contribution in [1.29, 1.82) is 0 Å². The van der Waals surface area contributed by atoms with Crippen molar-refractivity contribution in [2.24, 2.45) is 5.10 Å². The minimum absolute atomic E-state index is 0.0578. The number of benzene rings is 4. The smallest absolute Gasteiger partial charge is 0.271 e. The Bertz CT molecular complexity index is 1640. The third-order valence-corrected chi connectivity index (χ3v) is 7.52. The highest BCUT2D eigenvalue weighted by Crippen LogP contribution is 2.24. The number of hydrogen-bond acceptors (Lipinski definition) is 5. The predicted molar refractivity (Wildman–Crippen MR) is 159 cm³/mol. The summed E-state index contributed by atoms with van der Waals surface area (Å²) in [6.45, 7) is 1.81. The second kappa shape index (κ2) is 12.6.